The highest BCUT2D eigenvalue weighted by molar-refractivity contribution is 4.57. The van der Waals surface area contributed by atoms with Gasteiger partial charge in [-0.3, -0.25) is 5.73 Å². The van der Waals surface area contributed by atoms with E-state index >= 15 is 0 Å². The third kappa shape index (κ3) is 15.9. The molecule has 0 amide bonds. The maximum atomic E-state index is 7.67. The summed E-state index contributed by atoms with van der Waals surface area (Å²) in [6.45, 7) is 4.41. The summed E-state index contributed by atoms with van der Waals surface area (Å²) in [6.07, 6.45) is 20.5. The van der Waals surface area contributed by atoms with Crippen molar-refractivity contribution in [3.05, 3.63) is 0 Å². The highest BCUT2D eigenvalue weighted by Crippen LogP contribution is 2.13. The summed E-state index contributed by atoms with van der Waals surface area (Å²) in [7, 11) is 0. The quantitative estimate of drug-likeness (QED) is 0.301. The molecule has 0 heterocycles. The van der Waals surface area contributed by atoms with Gasteiger partial charge in [-0.25, -0.2) is 0 Å². The van der Waals surface area contributed by atoms with Crippen molar-refractivity contribution >= 4 is 0 Å². The van der Waals surface area contributed by atoms with Crippen molar-refractivity contribution < 1.29 is 0 Å². The molecule has 0 bridgehead atoms. The molecule has 0 aliphatic rings. The maximum absolute atomic E-state index is 7.67. The number of rotatable bonds is 15. The van der Waals surface area contributed by atoms with Crippen LogP contribution in [0.25, 0.3) is 0 Å². The fraction of sp³-hybridized carbons (Fsp3) is 1.00. The zero-order valence-electron chi connectivity index (χ0n) is 13.7. The Morgan fingerprint density at radius 2 is 0.947 bits per heavy atom. The molecule has 0 saturated heterocycles. The first-order valence-electron chi connectivity index (χ1n) is 9.02. The molecule has 19 heavy (non-hydrogen) atoms. The number of hydrogen-bond acceptors (Lipinski definition) is 0. The lowest BCUT2D eigenvalue weighted by Crippen LogP contribution is -2.05. The van der Waals surface area contributed by atoms with E-state index in [0.29, 0.717) is 0 Å². The van der Waals surface area contributed by atoms with Gasteiger partial charge >= 0.3 is 0 Å². The molecule has 0 aromatic carbocycles. The van der Waals surface area contributed by atoms with Gasteiger partial charge in [0.25, 0.3) is 0 Å². The largest absolute Gasteiger partial charge is 0.255 e. The Bertz CT molecular complexity index is 156. The molecule has 1 N–H and O–H groups in total. The van der Waals surface area contributed by atoms with Crippen LogP contribution in [0.15, 0.2) is 0 Å². The van der Waals surface area contributed by atoms with Crippen LogP contribution in [0.2, 0.25) is 0 Å². The van der Waals surface area contributed by atoms with Gasteiger partial charge in [0.1, 0.15) is 0 Å². The Kier molecular flexibility index (Phi) is 16.0. The highest BCUT2D eigenvalue weighted by Gasteiger charge is 1.99. The first-order valence-corrected chi connectivity index (χ1v) is 9.02. The third-order valence-corrected chi connectivity index (χ3v) is 4.15. The van der Waals surface area contributed by atoms with E-state index in [0.717, 1.165) is 12.8 Å². The summed E-state index contributed by atoms with van der Waals surface area (Å²) in [5, 5.41) is 0. The summed E-state index contributed by atoms with van der Waals surface area (Å²) in [4.78, 5) is 0. The molecular weight excluding hydrogens is 230 g/mol. The van der Waals surface area contributed by atoms with E-state index in [1.54, 1.807) is 0 Å². The minimum atomic E-state index is 0.202. The molecule has 1 radical (unpaired) electrons. The molecule has 1 unspecified atom stereocenters. The Labute approximate surface area is 122 Å². The van der Waals surface area contributed by atoms with Crippen molar-refractivity contribution in [3.63, 3.8) is 0 Å². The van der Waals surface area contributed by atoms with Gasteiger partial charge in [-0.05, 0) is 12.8 Å². The minimum absolute atomic E-state index is 0.202. The molecule has 1 nitrogen and oxygen atoms in total. The zero-order chi connectivity index (χ0) is 14.2. The van der Waals surface area contributed by atoms with Crippen molar-refractivity contribution in [2.75, 3.05) is 0 Å². The van der Waals surface area contributed by atoms with Gasteiger partial charge in [-0.1, -0.05) is 97.3 Å². The third-order valence-electron chi connectivity index (χ3n) is 4.15. The summed E-state index contributed by atoms with van der Waals surface area (Å²) in [6, 6.07) is 0.202. The predicted octanol–water partition coefficient (Wildman–Crippen LogP) is 6.53. The first-order chi connectivity index (χ1) is 9.31. The lowest BCUT2D eigenvalue weighted by Gasteiger charge is -2.06. The van der Waals surface area contributed by atoms with Gasteiger partial charge in [0.15, 0.2) is 0 Å². The molecule has 0 fully saturated rings. The molecule has 115 valence electrons. The SMILES string of the molecule is CCCCCCCCCCCCCCCC([NH])CC. The van der Waals surface area contributed by atoms with Crippen LogP contribution in [0.1, 0.15) is 110 Å². The number of hydrogen-bond donors (Lipinski definition) is 0. The fourth-order valence-corrected chi connectivity index (χ4v) is 2.61. The van der Waals surface area contributed by atoms with Crippen molar-refractivity contribution in [1.82, 2.24) is 5.73 Å². The van der Waals surface area contributed by atoms with Crippen LogP contribution in [-0.2, 0) is 0 Å². The average Bonchev–Trinajstić information content (AvgIpc) is 2.43. The number of unbranched alkanes of at least 4 members (excludes halogenated alkanes) is 12. The van der Waals surface area contributed by atoms with Crippen LogP contribution < -0.4 is 5.73 Å². The normalized spacial score (nSPS) is 12.8. The van der Waals surface area contributed by atoms with Gasteiger partial charge in [0, 0.05) is 6.04 Å². The Morgan fingerprint density at radius 3 is 1.32 bits per heavy atom. The van der Waals surface area contributed by atoms with E-state index in [4.69, 9.17) is 5.73 Å². The van der Waals surface area contributed by atoms with Gasteiger partial charge in [-0.2, -0.15) is 0 Å². The van der Waals surface area contributed by atoms with Gasteiger partial charge in [-0.15, -0.1) is 0 Å². The second kappa shape index (κ2) is 16.0. The van der Waals surface area contributed by atoms with E-state index in [1.165, 1.54) is 83.5 Å². The van der Waals surface area contributed by atoms with Crippen LogP contribution in [-0.4, -0.2) is 6.04 Å². The van der Waals surface area contributed by atoms with Gasteiger partial charge in [0.2, 0.25) is 0 Å². The monoisotopic (exact) mass is 268 g/mol. The van der Waals surface area contributed by atoms with Crippen LogP contribution in [0, 0.1) is 0 Å². The standard InChI is InChI=1S/C18H38N/c1-3-5-6-7-8-9-10-11-12-13-14-15-16-17-18(19)4-2/h18-19H,3-17H2,1-2H3. The van der Waals surface area contributed by atoms with Crippen molar-refractivity contribution in [3.8, 4) is 0 Å². The second-order valence-corrected chi connectivity index (χ2v) is 6.14. The van der Waals surface area contributed by atoms with Crippen LogP contribution >= 0.6 is 0 Å². The summed E-state index contributed by atoms with van der Waals surface area (Å²) >= 11 is 0. The Balaban J connectivity index is 2.95. The van der Waals surface area contributed by atoms with E-state index in [2.05, 4.69) is 13.8 Å². The van der Waals surface area contributed by atoms with Gasteiger partial charge in [0.05, 0.1) is 0 Å². The molecule has 0 aromatic heterocycles. The fourth-order valence-electron chi connectivity index (χ4n) is 2.61. The van der Waals surface area contributed by atoms with E-state index in [9.17, 15) is 0 Å². The lowest BCUT2D eigenvalue weighted by atomic mass is 10.0. The lowest BCUT2D eigenvalue weighted by molar-refractivity contribution is 0.506. The molecule has 0 spiro atoms. The van der Waals surface area contributed by atoms with Crippen LogP contribution in [0.3, 0.4) is 0 Å². The number of nitrogens with one attached hydrogen (secondary N) is 1. The van der Waals surface area contributed by atoms with Crippen LogP contribution in [0.5, 0.6) is 0 Å². The summed E-state index contributed by atoms with van der Waals surface area (Å²) in [5.41, 5.74) is 7.67. The molecule has 0 rings (SSSR count). The topological polar surface area (TPSA) is 23.8 Å². The summed E-state index contributed by atoms with van der Waals surface area (Å²) < 4.78 is 0. The molecule has 1 atom stereocenters. The van der Waals surface area contributed by atoms with E-state index in [-0.39, 0.29) is 6.04 Å². The van der Waals surface area contributed by atoms with E-state index < -0.39 is 0 Å². The second-order valence-electron chi connectivity index (χ2n) is 6.14. The molecule has 0 saturated carbocycles. The zero-order valence-corrected chi connectivity index (χ0v) is 13.7. The van der Waals surface area contributed by atoms with Crippen LogP contribution in [0.4, 0.5) is 0 Å². The Morgan fingerprint density at radius 1 is 0.579 bits per heavy atom. The molecule has 0 aliphatic heterocycles. The molecule has 0 aliphatic carbocycles. The Hall–Kier alpha value is -0.0400. The highest BCUT2D eigenvalue weighted by atomic mass is 14.6. The maximum Gasteiger partial charge on any atom is 0.0210 e. The van der Waals surface area contributed by atoms with Crippen molar-refractivity contribution in [1.29, 1.82) is 0 Å². The predicted molar refractivity (Wildman–Crippen MR) is 87.5 cm³/mol. The van der Waals surface area contributed by atoms with Gasteiger partial charge < -0.3 is 0 Å². The van der Waals surface area contributed by atoms with E-state index in [1.807, 2.05) is 0 Å². The molecule has 0 aromatic rings. The average molecular weight is 269 g/mol. The molecular formula is C18H38N. The summed E-state index contributed by atoms with van der Waals surface area (Å²) in [5.74, 6) is 0. The minimum Gasteiger partial charge on any atom is -0.255 e. The van der Waals surface area contributed by atoms with Crippen molar-refractivity contribution in [2.45, 2.75) is 116 Å². The van der Waals surface area contributed by atoms with Crippen molar-refractivity contribution in [2.24, 2.45) is 0 Å². The smallest absolute Gasteiger partial charge is 0.0210 e. The first kappa shape index (κ1) is 19.0. The molecule has 1 heteroatoms.